The number of hydrogen-bond donors (Lipinski definition) is 1. The second kappa shape index (κ2) is 6.12. The van der Waals surface area contributed by atoms with Gasteiger partial charge in [-0.25, -0.2) is 0 Å². The molecular formula is C14H20N4O3. The summed E-state index contributed by atoms with van der Waals surface area (Å²) in [6.07, 6.45) is 4.33. The number of ether oxygens (including phenoxy) is 2. The van der Waals surface area contributed by atoms with Gasteiger partial charge in [-0.05, 0) is 6.42 Å². The molecule has 7 heteroatoms. The maximum Gasteiger partial charge on any atom is 0.124 e. The highest BCUT2D eigenvalue weighted by molar-refractivity contribution is 5.22. The summed E-state index contributed by atoms with van der Waals surface area (Å²) in [6, 6.07) is 2.34. The van der Waals surface area contributed by atoms with Crippen molar-refractivity contribution in [1.82, 2.24) is 14.7 Å². The molecule has 0 aromatic carbocycles. The number of hydrogen-bond acceptors (Lipinski definition) is 6. The number of β-amino-alcohol motifs (C(OH)–C–C–N with tert-alkyl or cyclic N) is 1. The van der Waals surface area contributed by atoms with Crippen molar-refractivity contribution in [3.05, 3.63) is 18.0 Å². The Morgan fingerprint density at radius 2 is 2.19 bits per heavy atom. The molecule has 2 aliphatic heterocycles. The third-order valence-corrected chi connectivity index (χ3v) is 3.98. The first-order valence-corrected chi connectivity index (χ1v) is 7.23. The molecule has 1 unspecified atom stereocenters. The van der Waals surface area contributed by atoms with Crippen LogP contribution in [0.2, 0.25) is 0 Å². The molecule has 0 saturated carbocycles. The van der Waals surface area contributed by atoms with Crippen LogP contribution in [0.3, 0.4) is 0 Å². The molecule has 3 heterocycles. The monoisotopic (exact) mass is 292 g/mol. The summed E-state index contributed by atoms with van der Waals surface area (Å²) in [4.78, 5) is 2.20. The molecule has 0 aliphatic carbocycles. The van der Waals surface area contributed by atoms with Crippen molar-refractivity contribution in [2.45, 2.75) is 18.1 Å². The quantitative estimate of drug-likeness (QED) is 0.829. The lowest BCUT2D eigenvalue weighted by Gasteiger charge is -2.30. The summed E-state index contributed by atoms with van der Waals surface area (Å²) < 4.78 is 12.6. The van der Waals surface area contributed by atoms with Crippen LogP contribution in [0.15, 0.2) is 12.4 Å². The Bertz CT molecular complexity index is 517. The minimum Gasteiger partial charge on any atom is -0.384 e. The largest absolute Gasteiger partial charge is 0.384 e. The van der Waals surface area contributed by atoms with Crippen molar-refractivity contribution < 1.29 is 14.6 Å². The Kier molecular flexibility index (Phi) is 4.22. The van der Waals surface area contributed by atoms with Gasteiger partial charge in [0.2, 0.25) is 0 Å². The van der Waals surface area contributed by atoms with Crippen molar-refractivity contribution in [3.63, 3.8) is 0 Å². The summed E-state index contributed by atoms with van der Waals surface area (Å²) in [6.45, 7) is 3.95. The number of nitriles is 1. The number of likely N-dealkylation sites (tertiary alicyclic amines) is 1. The molecule has 114 valence electrons. The zero-order valence-corrected chi connectivity index (χ0v) is 11.9. The van der Waals surface area contributed by atoms with Crippen LogP contribution in [0.25, 0.3) is 0 Å². The van der Waals surface area contributed by atoms with Crippen LogP contribution < -0.4 is 0 Å². The SMILES string of the molecule is N#Cc1cnn(C2CCN(CC3(O)COCCOC3)C2)c1. The van der Waals surface area contributed by atoms with Crippen LogP contribution >= 0.6 is 0 Å². The van der Waals surface area contributed by atoms with E-state index in [2.05, 4.69) is 16.1 Å². The lowest BCUT2D eigenvalue weighted by Crippen LogP contribution is -2.48. The van der Waals surface area contributed by atoms with Crippen LogP contribution in [0.1, 0.15) is 18.0 Å². The molecule has 2 aliphatic rings. The maximum atomic E-state index is 10.6. The van der Waals surface area contributed by atoms with Gasteiger partial charge in [-0.15, -0.1) is 0 Å². The maximum absolute atomic E-state index is 10.6. The van der Waals surface area contributed by atoms with Crippen molar-refractivity contribution in [1.29, 1.82) is 5.26 Å². The Morgan fingerprint density at radius 3 is 2.86 bits per heavy atom. The van der Waals surface area contributed by atoms with Gasteiger partial charge in [0.15, 0.2) is 0 Å². The Labute approximate surface area is 123 Å². The van der Waals surface area contributed by atoms with Gasteiger partial charge >= 0.3 is 0 Å². The Hall–Kier alpha value is -1.46. The Balaban J connectivity index is 1.58. The first-order chi connectivity index (χ1) is 10.2. The van der Waals surface area contributed by atoms with E-state index in [0.717, 1.165) is 19.5 Å². The average molecular weight is 292 g/mol. The highest BCUT2D eigenvalue weighted by Crippen LogP contribution is 2.23. The predicted molar refractivity (Wildman–Crippen MR) is 73.6 cm³/mol. The molecule has 1 aromatic heterocycles. The van der Waals surface area contributed by atoms with E-state index in [1.54, 1.807) is 12.4 Å². The minimum atomic E-state index is -0.937. The van der Waals surface area contributed by atoms with Crippen molar-refractivity contribution in [2.24, 2.45) is 0 Å². The lowest BCUT2D eigenvalue weighted by molar-refractivity contribution is -0.0715. The number of aliphatic hydroxyl groups is 1. The summed E-state index contributed by atoms with van der Waals surface area (Å²) in [5.74, 6) is 0. The van der Waals surface area contributed by atoms with Crippen molar-refractivity contribution in [3.8, 4) is 6.07 Å². The fourth-order valence-electron chi connectivity index (χ4n) is 2.96. The second-order valence-electron chi connectivity index (χ2n) is 5.83. The van der Waals surface area contributed by atoms with E-state index in [1.165, 1.54) is 0 Å². The molecule has 0 radical (unpaired) electrons. The number of rotatable bonds is 3. The smallest absolute Gasteiger partial charge is 0.124 e. The van der Waals surface area contributed by atoms with Gasteiger partial charge in [-0.3, -0.25) is 9.58 Å². The molecule has 2 fully saturated rings. The summed E-state index contributed by atoms with van der Waals surface area (Å²) in [5.41, 5.74) is -0.356. The number of nitrogens with zero attached hydrogens (tertiary/aromatic N) is 4. The summed E-state index contributed by atoms with van der Waals surface area (Å²) >= 11 is 0. The van der Waals surface area contributed by atoms with Crippen molar-refractivity contribution >= 4 is 0 Å². The van der Waals surface area contributed by atoms with Crippen LogP contribution in [0.4, 0.5) is 0 Å². The fraction of sp³-hybridized carbons (Fsp3) is 0.714. The molecule has 1 atom stereocenters. The van der Waals surface area contributed by atoms with E-state index in [-0.39, 0.29) is 6.04 Å². The molecule has 0 amide bonds. The van der Waals surface area contributed by atoms with E-state index < -0.39 is 5.60 Å². The summed E-state index contributed by atoms with van der Waals surface area (Å²) in [5, 5.41) is 23.6. The third-order valence-electron chi connectivity index (χ3n) is 3.98. The van der Waals surface area contributed by atoms with E-state index in [9.17, 15) is 5.11 Å². The zero-order valence-electron chi connectivity index (χ0n) is 11.9. The van der Waals surface area contributed by atoms with Crippen LogP contribution in [0, 0.1) is 11.3 Å². The second-order valence-corrected chi connectivity index (χ2v) is 5.83. The lowest BCUT2D eigenvalue weighted by atomic mass is 10.1. The van der Waals surface area contributed by atoms with E-state index in [4.69, 9.17) is 14.7 Å². The number of aromatic nitrogens is 2. The minimum absolute atomic E-state index is 0.253. The van der Waals surface area contributed by atoms with Crippen LogP contribution in [0.5, 0.6) is 0 Å². The molecule has 21 heavy (non-hydrogen) atoms. The van der Waals surface area contributed by atoms with Gasteiger partial charge in [0.1, 0.15) is 11.7 Å². The van der Waals surface area contributed by atoms with Crippen LogP contribution in [-0.4, -0.2) is 71.4 Å². The molecule has 1 aromatic rings. The third kappa shape index (κ3) is 3.41. The first-order valence-electron chi connectivity index (χ1n) is 7.23. The van der Waals surface area contributed by atoms with Gasteiger partial charge in [-0.1, -0.05) is 0 Å². The van der Waals surface area contributed by atoms with Gasteiger partial charge in [0.05, 0.1) is 44.2 Å². The standard InChI is InChI=1S/C14H20N4O3/c15-5-12-6-16-18(7-12)13-1-2-17(8-13)9-14(19)10-20-3-4-21-11-14/h6-7,13,19H,1-4,8-11H2. The highest BCUT2D eigenvalue weighted by atomic mass is 16.6. The first kappa shape index (κ1) is 14.5. The highest BCUT2D eigenvalue weighted by Gasteiger charge is 2.35. The van der Waals surface area contributed by atoms with Crippen molar-refractivity contribution in [2.75, 3.05) is 46.1 Å². The molecule has 1 N–H and O–H groups in total. The normalized spacial score (nSPS) is 26.4. The Morgan fingerprint density at radius 1 is 1.43 bits per heavy atom. The molecule has 0 spiro atoms. The summed E-state index contributed by atoms with van der Waals surface area (Å²) in [7, 11) is 0. The van der Waals surface area contributed by atoms with Crippen LogP contribution in [-0.2, 0) is 9.47 Å². The van der Waals surface area contributed by atoms with E-state index in [1.807, 2.05) is 4.68 Å². The predicted octanol–water partition coefficient (Wildman–Crippen LogP) is -0.221. The van der Waals surface area contributed by atoms with Gasteiger partial charge in [-0.2, -0.15) is 10.4 Å². The zero-order chi connectivity index (χ0) is 14.7. The van der Waals surface area contributed by atoms with Gasteiger partial charge in [0, 0.05) is 25.8 Å². The molecule has 7 nitrogen and oxygen atoms in total. The molecule has 0 bridgehead atoms. The molecule has 2 saturated heterocycles. The van der Waals surface area contributed by atoms with Gasteiger partial charge in [0.25, 0.3) is 0 Å². The van der Waals surface area contributed by atoms with E-state index >= 15 is 0 Å². The molecule has 3 rings (SSSR count). The molecular weight excluding hydrogens is 272 g/mol. The fourth-order valence-corrected chi connectivity index (χ4v) is 2.96. The van der Waals surface area contributed by atoms with E-state index in [0.29, 0.717) is 38.5 Å². The topological polar surface area (TPSA) is 83.5 Å². The average Bonchev–Trinajstić information content (AvgIpc) is 3.06. The van der Waals surface area contributed by atoms with Gasteiger partial charge < -0.3 is 14.6 Å².